The lowest BCUT2D eigenvalue weighted by Gasteiger charge is -2.08. The van der Waals surface area contributed by atoms with Gasteiger partial charge in [-0.3, -0.25) is 0 Å². The molecule has 0 unspecified atom stereocenters. The standard InChI is InChI=1S/C7H11NO2/c1-2-6-3-4-7(10-6)5-8-9/h3-4,6-7H,2,5H2,1H3/t6-,7-/m0/s1. The first-order chi connectivity index (χ1) is 4.86. The topological polar surface area (TPSA) is 38.7 Å². The van der Waals surface area contributed by atoms with Crippen molar-refractivity contribution >= 4 is 0 Å². The highest BCUT2D eigenvalue weighted by atomic mass is 16.5. The Kier molecular flexibility index (Phi) is 2.57. The van der Waals surface area contributed by atoms with E-state index in [1.165, 1.54) is 0 Å². The van der Waals surface area contributed by atoms with Gasteiger partial charge in [-0.2, -0.15) is 4.91 Å². The average molecular weight is 141 g/mol. The van der Waals surface area contributed by atoms with Gasteiger partial charge in [0.2, 0.25) is 0 Å². The lowest BCUT2D eigenvalue weighted by Crippen LogP contribution is -2.13. The van der Waals surface area contributed by atoms with Crippen LogP contribution in [0.5, 0.6) is 0 Å². The fraction of sp³-hybridized carbons (Fsp3) is 0.714. The molecule has 0 spiro atoms. The van der Waals surface area contributed by atoms with Crippen molar-refractivity contribution in [3.8, 4) is 0 Å². The van der Waals surface area contributed by atoms with E-state index >= 15 is 0 Å². The third kappa shape index (κ3) is 1.64. The van der Waals surface area contributed by atoms with Crippen LogP contribution in [-0.4, -0.2) is 18.8 Å². The Morgan fingerprint density at radius 2 is 2.20 bits per heavy atom. The van der Waals surface area contributed by atoms with Crippen molar-refractivity contribution in [1.29, 1.82) is 0 Å². The van der Waals surface area contributed by atoms with Gasteiger partial charge in [-0.15, -0.1) is 0 Å². The zero-order valence-electron chi connectivity index (χ0n) is 5.99. The minimum atomic E-state index is -0.0672. The summed E-state index contributed by atoms with van der Waals surface area (Å²) in [6.07, 6.45) is 4.98. The second kappa shape index (κ2) is 3.46. The molecular formula is C7H11NO2. The summed E-state index contributed by atoms with van der Waals surface area (Å²) >= 11 is 0. The van der Waals surface area contributed by atoms with Gasteiger partial charge < -0.3 is 4.74 Å². The van der Waals surface area contributed by atoms with E-state index in [1.807, 2.05) is 19.1 Å². The van der Waals surface area contributed by atoms with E-state index in [9.17, 15) is 4.91 Å². The Morgan fingerprint density at radius 1 is 1.50 bits per heavy atom. The Labute approximate surface area is 60.0 Å². The molecule has 0 aromatic rings. The predicted octanol–water partition coefficient (Wildman–Crippen LogP) is 1.49. The second-order valence-electron chi connectivity index (χ2n) is 2.32. The highest BCUT2D eigenvalue weighted by Gasteiger charge is 2.16. The monoisotopic (exact) mass is 141 g/mol. The van der Waals surface area contributed by atoms with Crippen LogP contribution in [0.25, 0.3) is 0 Å². The lowest BCUT2D eigenvalue weighted by molar-refractivity contribution is 0.0640. The summed E-state index contributed by atoms with van der Waals surface area (Å²) in [4.78, 5) is 9.79. The van der Waals surface area contributed by atoms with Crippen LogP contribution >= 0.6 is 0 Å². The van der Waals surface area contributed by atoms with E-state index in [-0.39, 0.29) is 18.8 Å². The molecule has 1 heterocycles. The predicted molar refractivity (Wildman–Crippen MR) is 38.8 cm³/mol. The van der Waals surface area contributed by atoms with Crippen LogP contribution < -0.4 is 0 Å². The van der Waals surface area contributed by atoms with Gasteiger partial charge >= 0.3 is 0 Å². The van der Waals surface area contributed by atoms with Crippen molar-refractivity contribution in [3.05, 3.63) is 17.1 Å². The van der Waals surface area contributed by atoms with Crippen molar-refractivity contribution in [2.24, 2.45) is 5.18 Å². The molecular weight excluding hydrogens is 130 g/mol. The van der Waals surface area contributed by atoms with Gasteiger partial charge in [0.25, 0.3) is 0 Å². The van der Waals surface area contributed by atoms with Crippen LogP contribution in [0.4, 0.5) is 0 Å². The van der Waals surface area contributed by atoms with Gasteiger partial charge in [-0.25, -0.2) is 0 Å². The van der Waals surface area contributed by atoms with Crippen molar-refractivity contribution < 1.29 is 4.74 Å². The number of hydrogen-bond acceptors (Lipinski definition) is 3. The molecule has 0 N–H and O–H groups in total. The van der Waals surface area contributed by atoms with Crippen LogP contribution in [-0.2, 0) is 4.74 Å². The highest BCUT2D eigenvalue weighted by Crippen LogP contribution is 2.13. The zero-order chi connectivity index (χ0) is 7.40. The molecule has 3 heteroatoms. The summed E-state index contributed by atoms with van der Waals surface area (Å²) in [5.41, 5.74) is 0. The van der Waals surface area contributed by atoms with E-state index < -0.39 is 0 Å². The van der Waals surface area contributed by atoms with E-state index in [0.29, 0.717) is 0 Å². The first-order valence-corrected chi connectivity index (χ1v) is 3.49. The van der Waals surface area contributed by atoms with Crippen LogP contribution in [0.15, 0.2) is 17.3 Å². The summed E-state index contributed by atoms with van der Waals surface area (Å²) in [6.45, 7) is 2.29. The smallest absolute Gasteiger partial charge is 0.111 e. The average Bonchev–Trinajstić information content (AvgIpc) is 2.37. The lowest BCUT2D eigenvalue weighted by atomic mass is 10.3. The maximum Gasteiger partial charge on any atom is 0.111 e. The van der Waals surface area contributed by atoms with E-state index in [1.54, 1.807) is 0 Å². The zero-order valence-corrected chi connectivity index (χ0v) is 5.99. The minimum absolute atomic E-state index is 0.0672. The van der Waals surface area contributed by atoms with Gasteiger partial charge in [0.15, 0.2) is 0 Å². The largest absolute Gasteiger partial charge is 0.365 e. The van der Waals surface area contributed by atoms with Crippen LogP contribution in [0.3, 0.4) is 0 Å². The SMILES string of the molecule is CC[C@H]1C=C[C@@H](CN=O)O1. The van der Waals surface area contributed by atoms with E-state index in [4.69, 9.17) is 4.74 Å². The third-order valence-electron chi connectivity index (χ3n) is 1.55. The molecule has 0 radical (unpaired) electrons. The maximum atomic E-state index is 9.79. The summed E-state index contributed by atoms with van der Waals surface area (Å²) in [5, 5.41) is 2.76. The number of nitrogens with zero attached hydrogens (tertiary/aromatic N) is 1. The van der Waals surface area contributed by atoms with Gasteiger partial charge in [0.1, 0.15) is 6.54 Å². The molecule has 1 rings (SSSR count). The molecule has 0 fully saturated rings. The maximum absolute atomic E-state index is 9.79. The molecule has 0 saturated carbocycles. The number of nitroso groups, excluding NO2 is 1. The normalized spacial score (nSPS) is 30.9. The highest BCUT2D eigenvalue weighted by molar-refractivity contribution is 5.02. The molecule has 0 aliphatic carbocycles. The Bertz CT molecular complexity index is 145. The van der Waals surface area contributed by atoms with Crippen LogP contribution in [0.1, 0.15) is 13.3 Å². The van der Waals surface area contributed by atoms with Gasteiger partial charge in [0, 0.05) is 0 Å². The van der Waals surface area contributed by atoms with Crippen molar-refractivity contribution in [3.63, 3.8) is 0 Å². The quantitative estimate of drug-likeness (QED) is 0.441. The van der Waals surface area contributed by atoms with Crippen LogP contribution in [0, 0.1) is 4.91 Å². The summed E-state index contributed by atoms with van der Waals surface area (Å²) < 4.78 is 5.35. The molecule has 0 bridgehead atoms. The van der Waals surface area contributed by atoms with Crippen molar-refractivity contribution in [2.45, 2.75) is 25.6 Å². The van der Waals surface area contributed by atoms with E-state index in [2.05, 4.69) is 5.18 Å². The fourth-order valence-corrected chi connectivity index (χ4v) is 0.973. The summed E-state index contributed by atoms with van der Waals surface area (Å²) in [6, 6.07) is 0. The molecule has 56 valence electrons. The molecule has 3 nitrogen and oxygen atoms in total. The minimum Gasteiger partial charge on any atom is -0.365 e. The molecule has 0 aromatic carbocycles. The molecule has 10 heavy (non-hydrogen) atoms. The first kappa shape index (κ1) is 7.41. The van der Waals surface area contributed by atoms with Crippen molar-refractivity contribution in [2.75, 3.05) is 6.54 Å². The Morgan fingerprint density at radius 3 is 2.70 bits per heavy atom. The third-order valence-corrected chi connectivity index (χ3v) is 1.55. The molecule has 0 amide bonds. The molecule has 1 aliphatic rings. The molecule has 1 aliphatic heterocycles. The summed E-state index contributed by atoms with van der Waals surface area (Å²) in [5.74, 6) is 0. The number of rotatable bonds is 3. The van der Waals surface area contributed by atoms with Crippen molar-refractivity contribution in [1.82, 2.24) is 0 Å². The van der Waals surface area contributed by atoms with Gasteiger partial charge in [-0.05, 0) is 6.42 Å². The van der Waals surface area contributed by atoms with E-state index in [0.717, 1.165) is 6.42 Å². The fourth-order valence-electron chi connectivity index (χ4n) is 0.973. The van der Waals surface area contributed by atoms with Crippen LogP contribution in [0.2, 0.25) is 0 Å². The molecule has 2 atom stereocenters. The number of ether oxygens (including phenoxy) is 1. The van der Waals surface area contributed by atoms with Gasteiger partial charge in [0.05, 0.1) is 12.2 Å². The molecule has 0 aromatic heterocycles. The first-order valence-electron chi connectivity index (χ1n) is 3.49. The second-order valence-corrected chi connectivity index (χ2v) is 2.32. The number of hydrogen-bond donors (Lipinski definition) is 0. The summed E-state index contributed by atoms with van der Waals surface area (Å²) in [7, 11) is 0. The van der Waals surface area contributed by atoms with Gasteiger partial charge in [-0.1, -0.05) is 24.3 Å². The Balaban J connectivity index is 2.30. The Hall–Kier alpha value is -0.700. The molecule has 0 saturated heterocycles.